The molecule has 0 spiro atoms. The van der Waals surface area contributed by atoms with E-state index in [4.69, 9.17) is 11.5 Å². The number of nitrogen functional groups attached to an aromatic ring is 1. The van der Waals surface area contributed by atoms with Crippen LogP contribution >= 0.6 is 0 Å². The Morgan fingerprint density at radius 3 is 2.88 bits per heavy atom. The summed E-state index contributed by atoms with van der Waals surface area (Å²) in [6.45, 7) is 8.73. The summed E-state index contributed by atoms with van der Waals surface area (Å²) in [6, 6.07) is 12.2. The third kappa shape index (κ3) is 5.65. The predicted molar refractivity (Wildman–Crippen MR) is 139 cm³/mol. The zero-order valence-corrected chi connectivity index (χ0v) is 19.3. The zero-order valence-electron chi connectivity index (χ0n) is 19.3. The molecule has 0 amide bonds. The van der Waals surface area contributed by atoms with Crippen LogP contribution in [0.3, 0.4) is 0 Å². The van der Waals surface area contributed by atoms with Gasteiger partial charge in [0.05, 0.1) is 17.4 Å². The summed E-state index contributed by atoms with van der Waals surface area (Å²) < 4.78 is 0. The topological polar surface area (TPSA) is 96.0 Å². The summed E-state index contributed by atoms with van der Waals surface area (Å²) in [7, 11) is 0. The first-order valence-electron chi connectivity index (χ1n) is 11.6. The first kappa shape index (κ1) is 22.7. The minimum absolute atomic E-state index is 0.627. The van der Waals surface area contributed by atoms with E-state index < -0.39 is 0 Å². The minimum Gasteiger partial charge on any atom is -0.398 e. The summed E-state index contributed by atoms with van der Waals surface area (Å²) in [5.74, 6) is 0.866. The third-order valence-corrected chi connectivity index (χ3v) is 6.32. The maximum absolute atomic E-state index is 6.42. The second kappa shape index (κ2) is 10.4. The second-order valence-electron chi connectivity index (χ2n) is 8.96. The van der Waals surface area contributed by atoms with Gasteiger partial charge in [-0.25, -0.2) is 0 Å². The van der Waals surface area contributed by atoms with Crippen molar-refractivity contribution in [3.8, 4) is 0 Å². The van der Waals surface area contributed by atoms with Crippen molar-refractivity contribution >= 4 is 28.4 Å². The SMILES string of the molecule is C=CN(/C=C(\N)c1cccc2[nH]ncc12)Cc1ccc(/C=C(\C)CNCC2CCC2)c(N)c1. The molecule has 33 heavy (non-hydrogen) atoms. The molecule has 1 saturated carbocycles. The summed E-state index contributed by atoms with van der Waals surface area (Å²) >= 11 is 0. The van der Waals surface area contributed by atoms with E-state index in [1.54, 1.807) is 12.4 Å². The highest BCUT2D eigenvalue weighted by Crippen LogP contribution is 2.25. The van der Waals surface area contributed by atoms with Gasteiger partial charge in [-0.15, -0.1) is 0 Å². The van der Waals surface area contributed by atoms with E-state index in [1.165, 1.54) is 24.8 Å². The normalized spacial score (nSPS) is 14.9. The predicted octanol–water partition coefficient (Wildman–Crippen LogP) is 4.84. The van der Waals surface area contributed by atoms with Crippen LogP contribution in [0.15, 0.2) is 67.1 Å². The number of hydrogen-bond donors (Lipinski definition) is 4. The number of nitrogens with zero attached hydrogens (tertiary/aromatic N) is 2. The molecule has 1 aliphatic carbocycles. The summed E-state index contributed by atoms with van der Waals surface area (Å²) in [5.41, 5.74) is 19.5. The van der Waals surface area contributed by atoms with Gasteiger partial charge in [0.25, 0.3) is 0 Å². The maximum Gasteiger partial charge on any atom is 0.0657 e. The fraction of sp³-hybridized carbons (Fsp3) is 0.296. The maximum atomic E-state index is 6.42. The number of nitrogens with two attached hydrogens (primary N) is 2. The molecule has 0 unspecified atom stereocenters. The van der Waals surface area contributed by atoms with E-state index in [-0.39, 0.29) is 0 Å². The van der Waals surface area contributed by atoms with Crippen molar-refractivity contribution in [2.24, 2.45) is 11.7 Å². The van der Waals surface area contributed by atoms with Crippen LogP contribution < -0.4 is 16.8 Å². The second-order valence-corrected chi connectivity index (χ2v) is 8.96. The molecule has 172 valence electrons. The quantitative estimate of drug-likeness (QED) is 0.337. The summed E-state index contributed by atoms with van der Waals surface area (Å²) in [6.07, 6.45) is 11.7. The van der Waals surface area contributed by atoms with Gasteiger partial charge >= 0.3 is 0 Å². The molecule has 1 fully saturated rings. The molecule has 1 aromatic heterocycles. The third-order valence-electron chi connectivity index (χ3n) is 6.32. The van der Waals surface area contributed by atoms with Crippen LogP contribution in [0.25, 0.3) is 22.7 Å². The molecule has 2 aromatic carbocycles. The number of fused-ring (bicyclic) bond motifs is 1. The minimum atomic E-state index is 0.627. The Labute approximate surface area is 196 Å². The van der Waals surface area contributed by atoms with Gasteiger partial charge in [-0.2, -0.15) is 5.10 Å². The molecular weight excluding hydrogens is 408 g/mol. The molecule has 6 nitrogen and oxygen atoms in total. The number of rotatable bonds is 10. The molecular formula is C27H34N6. The van der Waals surface area contributed by atoms with Crippen molar-refractivity contribution in [2.45, 2.75) is 32.7 Å². The van der Waals surface area contributed by atoms with E-state index in [0.717, 1.165) is 52.3 Å². The highest BCUT2D eigenvalue weighted by atomic mass is 15.1. The molecule has 0 radical (unpaired) electrons. The average molecular weight is 443 g/mol. The number of aromatic nitrogens is 2. The fourth-order valence-electron chi connectivity index (χ4n) is 4.18. The Morgan fingerprint density at radius 1 is 1.30 bits per heavy atom. The summed E-state index contributed by atoms with van der Waals surface area (Å²) in [4.78, 5) is 1.97. The van der Waals surface area contributed by atoms with Gasteiger partial charge < -0.3 is 21.7 Å². The van der Waals surface area contributed by atoms with Gasteiger partial charge in [0, 0.05) is 35.9 Å². The molecule has 1 aliphatic rings. The highest BCUT2D eigenvalue weighted by molar-refractivity contribution is 5.90. The lowest BCUT2D eigenvalue weighted by Crippen LogP contribution is -2.28. The van der Waals surface area contributed by atoms with Crippen LogP contribution in [0.1, 0.15) is 42.9 Å². The van der Waals surface area contributed by atoms with Crippen LogP contribution in [0.4, 0.5) is 5.69 Å². The number of benzene rings is 2. The van der Waals surface area contributed by atoms with E-state index in [9.17, 15) is 0 Å². The lowest BCUT2D eigenvalue weighted by atomic mass is 9.85. The number of nitrogens with one attached hydrogen (secondary N) is 2. The molecule has 1 heterocycles. The van der Waals surface area contributed by atoms with Crippen LogP contribution in [0.2, 0.25) is 0 Å². The van der Waals surface area contributed by atoms with Crippen LogP contribution in [0, 0.1) is 5.92 Å². The van der Waals surface area contributed by atoms with Crippen LogP contribution in [-0.4, -0.2) is 28.2 Å². The lowest BCUT2D eigenvalue weighted by molar-refractivity contribution is 0.305. The van der Waals surface area contributed by atoms with Gasteiger partial charge in [-0.3, -0.25) is 5.10 Å². The smallest absolute Gasteiger partial charge is 0.0657 e. The number of H-pyrrole nitrogens is 1. The van der Waals surface area contributed by atoms with Crippen molar-refractivity contribution in [3.05, 3.63) is 83.8 Å². The average Bonchev–Trinajstić information content (AvgIpc) is 3.25. The van der Waals surface area contributed by atoms with Gasteiger partial charge in [0.15, 0.2) is 0 Å². The van der Waals surface area contributed by atoms with Gasteiger partial charge in [0.2, 0.25) is 0 Å². The van der Waals surface area contributed by atoms with E-state index in [0.29, 0.717) is 12.2 Å². The van der Waals surface area contributed by atoms with E-state index in [1.807, 2.05) is 35.4 Å². The van der Waals surface area contributed by atoms with Gasteiger partial charge in [0.1, 0.15) is 0 Å². The number of aromatic amines is 1. The Balaban J connectivity index is 1.41. The van der Waals surface area contributed by atoms with E-state index in [2.05, 4.69) is 47.2 Å². The molecule has 0 atom stereocenters. The standard InChI is InChI=1S/C27H34N6/c1-3-33(18-26(29)23-8-5-9-27-24(23)16-31-32-27)17-21-10-11-22(25(28)13-21)12-19(2)14-30-15-20-6-4-7-20/h3,5,8-13,16,18,20,30H,1,4,6-7,14-15,17,28-29H2,2H3,(H,31,32)/b19-12+,26-18-. The van der Waals surface area contributed by atoms with Crippen molar-refractivity contribution in [1.29, 1.82) is 0 Å². The molecule has 3 aromatic rings. The lowest BCUT2D eigenvalue weighted by Gasteiger charge is -2.25. The first-order valence-corrected chi connectivity index (χ1v) is 11.6. The van der Waals surface area contributed by atoms with Gasteiger partial charge in [-0.1, -0.05) is 48.9 Å². The molecule has 6 heteroatoms. The highest BCUT2D eigenvalue weighted by Gasteiger charge is 2.16. The monoisotopic (exact) mass is 442 g/mol. The molecule has 0 aliphatic heterocycles. The fourth-order valence-corrected chi connectivity index (χ4v) is 4.18. The Bertz CT molecular complexity index is 1170. The molecule has 0 bridgehead atoms. The van der Waals surface area contributed by atoms with E-state index >= 15 is 0 Å². The molecule has 4 rings (SSSR count). The molecule has 6 N–H and O–H groups in total. The number of hydrogen-bond acceptors (Lipinski definition) is 5. The van der Waals surface area contributed by atoms with Crippen LogP contribution in [0.5, 0.6) is 0 Å². The Kier molecular flexibility index (Phi) is 7.15. The Hall–Kier alpha value is -3.51. The molecule has 0 saturated heterocycles. The van der Waals surface area contributed by atoms with Crippen molar-refractivity contribution in [3.63, 3.8) is 0 Å². The number of anilines is 1. The summed E-state index contributed by atoms with van der Waals surface area (Å²) in [5, 5.41) is 11.7. The van der Waals surface area contributed by atoms with Gasteiger partial charge in [-0.05, 0) is 61.7 Å². The van der Waals surface area contributed by atoms with Crippen molar-refractivity contribution in [1.82, 2.24) is 20.4 Å². The van der Waals surface area contributed by atoms with Crippen molar-refractivity contribution in [2.75, 3.05) is 18.8 Å². The largest absolute Gasteiger partial charge is 0.398 e. The first-order chi connectivity index (χ1) is 16.0. The van der Waals surface area contributed by atoms with Crippen molar-refractivity contribution < 1.29 is 0 Å². The Morgan fingerprint density at radius 2 is 2.15 bits per heavy atom. The zero-order chi connectivity index (χ0) is 23.2. The van der Waals surface area contributed by atoms with Crippen LogP contribution in [-0.2, 0) is 6.54 Å².